The number of halogens is 1. The van der Waals surface area contributed by atoms with Crippen molar-refractivity contribution in [1.29, 1.82) is 0 Å². The van der Waals surface area contributed by atoms with Crippen LogP contribution in [-0.4, -0.2) is 39.9 Å². The third kappa shape index (κ3) is 4.30. The van der Waals surface area contributed by atoms with Crippen LogP contribution in [0.25, 0.3) is 11.3 Å². The normalized spacial score (nSPS) is 10.2. The predicted octanol–water partition coefficient (Wildman–Crippen LogP) is 2.25. The fraction of sp³-hybridized carbons (Fsp3) is 0.143. The Balaban J connectivity index is 2.15. The molecule has 146 valence electrons. The zero-order valence-electron chi connectivity index (χ0n) is 16.2. The fourth-order valence-corrected chi connectivity index (χ4v) is 2.64. The summed E-state index contributed by atoms with van der Waals surface area (Å²) in [6, 6.07) is 7.58. The number of pyridine rings is 1. The van der Waals surface area contributed by atoms with E-state index in [1.54, 1.807) is 39.3 Å². The van der Waals surface area contributed by atoms with Crippen LogP contribution in [0.3, 0.4) is 0 Å². The molecule has 1 amide bonds. The van der Waals surface area contributed by atoms with E-state index in [-0.39, 0.29) is 11.5 Å². The Bertz CT molecular complexity index is 1150. The molecule has 1 aromatic carbocycles. The molecule has 3 aromatic rings. The second-order valence-corrected chi connectivity index (χ2v) is 6.51. The summed E-state index contributed by atoms with van der Waals surface area (Å²) < 4.78 is 14.2. The predicted molar refractivity (Wildman–Crippen MR) is 109 cm³/mol. The maximum atomic E-state index is 14.2. The van der Waals surface area contributed by atoms with Gasteiger partial charge in [0, 0.05) is 31.4 Å². The molecule has 7 nitrogen and oxygen atoms in total. The minimum absolute atomic E-state index is 0.0574. The maximum Gasteiger partial charge on any atom is 0.256 e. The zero-order valence-corrected chi connectivity index (χ0v) is 16.2. The highest BCUT2D eigenvalue weighted by Crippen LogP contribution is 2.26. The number of anilines is 2. The van der Waals surface area contributed by atoms with Crippen molar-refractivity contribution >= 4 is 17.7 Å². The Labute approximate surface area is 167 Å². The minimum atomic E-state index is -0.619. The number of rotatable bonds is 2. The van der Waals surface area contributed by atoms with Crippen molar-refractivity contribution < 1.29 is 9.18 Å². The van der Waals surface area contributed by atoms with Gasteiger partial charge >= 0.3 is 0 Å². The number of amides is 1. The van der Waals surface area contributed by atoms with Crippen molar-refractivity contribution in [2.24, 2.45) is 0 Å². The molecule has 0 unspecified atom stereocenters. The summed E-state index contributed by atoms with van der Waals surface area (Å²) in [6.07, 6.45) is 1.56. The standard InChI is InChI=1S/C21H19FN6O/c1-12-15(7-4-13-5-9-18(23)25-11-13)19(27-21(24)26-12)14-6-8-17(22)16(10-14)20(29)28(2)3/h5-6,8-11H,1-3H3,(H2,23,25)(H2,24,26,27). The van der Waals surface area contributed by atoms with Crippen LogP contribution in [0.4, 0.5) is 16.2 Å². The molecule has 0 aliphatic rings. The van der Waals surface area contributed by atoms with Gasteiger partial charge in [-0.3, -0.25) is 4.79 Å². The summed E-state index contributed by atoms with van der Waals surface area (Å²) in [7, 11) is 3.11. The lowest BCUT2D eigenvalue weighted by Crippen LogP contribution is -2.22. The highest BCUT2D eigenvalue weighted by atomic mass is 19.1. The molecule has 0 aliphatic heterocycles. The molecule has 0 saturated heterocycles. The molecule has 2 heterocycles. The molecule has 8 heteroatoms. The van der Waals surface area contributed by atoms with E-state index >= 15 is 0 Å². The number of nitrogen functional groups attached to an aromatic ring is 2. The molecule has 4 N–H and O–H groups in total. The lowest BCUT2D eigenvalue weighted by atomic mass is 10.0. The molecule has 0 fully saturated rings. The number of carbonyl (C=O) groups excluding carboxylic acids is 1. The van der Waals surface area contributed by atoms with Gasteiger partial charge in [-0.25, -0.2) is 19.3 Å². The third-order valence-electron chi connectivity index (χ3n) is 4.10. The SMILES string of the molecule is Cc1nc(N)nc(-c2ccc(F)c(C(=O)N(C)C)c2)c1C#Cc1ccc(N)nc1. The van der Waals surface area contributed by atoms with Crippen molar-refractivity contribution in [3.8, 4) is 23.1 Å². The van der Waals surface area contributed by atoms with Gasteiger partial charge in [-0.2, -0.15) is 0 Å². The quantitative estimate of drug-likeness (QED) is 0.649. The summed E-state index contributed by atoms with van der Waals surface area (Å²) in [4.78, 5) is 26.1. The Morgan fingerprint density at radius 3 is 2.52 bits per heavy atom. The van der Waals surface area contributed by atoms with Gasteiger partial charge < -0.3 is 16.4 Å². The second kappa shape index (κ2) is 7.94. The van der Waals surface area contributed by atoms with Crippen LogP contribution in [0.5, 0.6) is 0 Å². The molecular weight excluding hydrogens is 371 g/mol. The Hall–Kier alpha value is -3.99. The van der Waals surface area contributed by atoms with E-state index in [1.807, 2.05) is 0 Å². The molecule has 3 rings (SSSR count). The van der Waals surface area contributed by atoms with Crippen molar-refractivity contribution in [3.63, 3.8) is 0 Å². The average molecular weight is 390 g/mol. The monoisotopic (exact) mass is 390 g/mol. The molecule has 0 aliphatic carbocycles. The first-order chi connectivity index (χ1) is 13.8. The third-order valence-corrected chi connectivity index (χ3v) is 4.10. The van der Waals surface area contributed by atoms with Gasteiger partial charge in [0.25, 0.3) is 5.91 Å². The number of aryl methyl sites for hydroxylation is 1. The van der Waals surface area contributed by atoms with Crippen molar-refractivity contribution in [3.05, 3.63) is 64.7 Å². The molecule has 0 spiro atoms. The van der Waals surface area contributed by atoms with E-state index in [2.05, 4.69) is 26.8 Å². The van der Waals surface area contributed by atoms with E-state index in [0.717, 1.165) is 0 Å². The van der Waals surface area contributed by atoms with Crippen molar-refractivity contribution in [2.45, 2.75) is 6.92 Å². The molecule has 29 heavy (non-hydrogen) atoms. The molecule has 2 aromatic heterocycles. The van der Waals surface area contributed by atoms with Crippen LogP contribution in [-0.2, 0) is 0 Å². The minimum Gasteiger partial charge on any atom is -0.384 e. The van der Waals surface area contributed by atoms with Crippen LogP contribution in [0.15, 0.2) is 36.5 Å². The number of aromatic nitrogens is 3. The number of benzene rings is 1. The number of hydrogen-bond acceptors (Lipinski definition) is 6. The lowest BCUT2D eigenvalue weighted by molar-refractivity contribution is 0.0823. The summed E-state index contributed by atoms with van der Waals surface area (Å²) in [5.74, 6) is 5.40. The van der Waals surface area contributed by atoms with Crippen LogP contribution in [0.2, 0.25) is 0 Å². The number of hydrogen-bond donors (Lipinski definition) is 2. The highest BCUT2D eigenvalue weighted by Gasteiger charge is 2.18. The fourth-order valence-electron chi connectivity index (χ4n) is 2.64. The number of nitrogens with zero attached hydrogens (tertiary/aromatic N) is 4. The second-order valence-electron chi connectivity index (χ2n) is 6.51. The van der Waals surface area contributed by atoms with E-state index in [0.29, 0.717) is 33.9 Å². The van der Waals surface area contributed by atoms with Crippen molar-refractivity contribution in [1.82, 2.24) is 19.9 Å². The molecular formula is C21H19FN6O. The van der Waals surface area contributed by atoms with Gasteiger partial charge in [0.05, 0.1) is 22.5 Å². The lowest BCUT2D eigenvalue weighted by Gasteiger charge is -2.13. The van der Waals surface area contributed by atoms with Gasteiger partial charge in [0.2, 0.25) is 5.95 Å². The zero-order chi connectivity index (χ0) is 21.1. The average Bonchev–Trinajstić information content (AvgIpc) is 2.68. The van der Waals surface area contributed by atoms with Gasteiger partial charge in [-0.1, -0.05) is 11.8 Å². The van der Waals surface area contributed by atoms with Gasteiger partial charge in [-0.15, -0.1) is 0 Å². The molecule has 0 bridgehead atoms. The van der Waals surface area contributed by atoms with Gasteiger partial charge in [0.1, 0.15) is 11.6 Å². The summed E-state index contributed by atoms with van der Waals surface area (Å²) in [6.45, 7) is 1.75. The van der Waals surface area contributed by atoms with E-state index in [4.69, 9.17) is 11.5 Å². The molecule has 0 radical (unpaired) electrons. The highest BCUT2D eigenvalue weighted by molar-refractivity contribution is 5.95. The Morgan fingerprint density at radius 1 is 1.10 bits per heavy atom. The van der Waals surface area contributed by atoms with Crippen LogP contribution in [0, 0.1) is 24.6 Å². The van der Waals surface area contributed by atoms with Crippen LogP contribution in [0.1, 0.15) is 27.2 Å². The van der Waals surface area contributed by atoms with E-state index < -0.39 is 11.7 Å². The number of nitrogens with two attached hydrogens (primary N) is 2. The van der Waals surface area contributed by atoms with Crippen molar-refractivity contribution in [2.75, 3.05) is 25.6 Å². The first kappa shape index (κ1) is 19.8. The smallest absolute Gasteiger partial charge is 0.256 e. The van der Waals surface area contributed by atoms with Gasteiger partial charge in [-0.05, 0) is 37.3 Å². The molecule has 0 atom stereocenters. The largest absolute Gasteiger partial charge is 0.384 e. The summed E-state index contributed by atoms with van der Waals surface area (Å²) >= 11 is 0. The van der Waals surface area contributed by atoms with E-state index in [9.17, 15) is 9.18 Å². The first-order valence-electron chi connectivity index (χ1n) is 8.65. The van der Waals surface area contributed by atoms with E-state index in [1.165, 1.54) is 23.1 Å². The summed E-state index contributed by atoms with van der Waals surface area (Å²) in [5.41, 5.74) is 14.0. The van der Waals surface area contributed by atoms with Crippen LogP contribution >= 0.6 is 0 Å². The van der Waals surface area contributed by atoms with Crippen LogP contribution < -0.4 is 11.5 Å². The molecule has 0 saturated carbocycles. The Morgan fingerprint density at radius 2 is 1.86 bits per heavy atom. The van der Waals surface area contributed by atoms with Gasteiger partial charge in [0.15, 0.2) is 0 Å². The number of carbonyl (C=O) groups is 1. The summed E-state index contributed by atoms with van der Waals surface area (Å²) in [5, 5.41) is 0. The maximum absolute atomic E-state index is 14.2. The Kier molecular flexibility index (Phi) is 5.41. The first-order valence-corrected chi connectivity index (χ1v) is 8.65. The topological polar surface area (TPSA) is 111 Å².